The van der Waals surface area contributed by atoms with Crippen molar-refractivity contribution in [2.24, 2.45) is 0 Å². The number of aromatic nitrogens is 5. The number of pyridine rings is 1. The number of thioether (sulfide) groups is 1. The topological polar surface area (TPSA) is 96.9 Å². The van der Waals surface area contributed by atoms with Crippen molar-refractivity contribution in [3.63, 3.8) is 0 Å². The third-order valence-corrected chi connectivity index (χ3v) is 6.74. The van der Waals surface area contributed by atoms with Gasteiger partial charge in [0.1, 0.15) is 12.4 Å². The van der Waals surface area contributed by atoms with Gasteiger partial charge in [0.15, 0.2) is 5.82 Å². The summed E-state index contributed by atoms with van der Waals surface area (Å²) in [6.07, 6.45) is 1.06. The first kappa shape index (κ1) is 24.0. The fraction of sp³-hybridized carbons (Fsp3) is 0.292. The monoisotopic (exact) mass is 496 g/mol. The van der Waals surface area contributed by atoms with Gasteiger partial charge in [-0.15, -0.1) is 10.2 Å². The highest BCUT2D eigenvalue weighted by atomic mass is 35.5. The van der Waals surface area contributed by atoms with E-state index in [1.165, 1.54) is 0 Å². The lowest BCUT2D eigenvalue weighted by Crippen LogP contribution is -2.22. The van der Waals surface area contributed by atoms with Crippen molar-refractivity contribution in [2.75, 3.05) is 19.8 Å². The highest BCUT2D eigenvalue weighted by Crippen LogP contribution is 2.34. The van der Waals surface area contributed by atoms with Crippen LogP contribution >= 0.6 is 23.4 Å². The van der Waals surface area contributed by atoms with Gasteiger partial charge in [-0.3, -0.25) is 4.79 Å². The summed E-state index contributed by atoms with van der Waals surface area (Å²) in [6, 6.07) is 17.6. The molecular formula is C24H25ClN6O2S. The quantitative estimate of drug-likeness (QED) is 0.346. The molecule has 0 spiro atoms. The van der Waals surface area contributed by atoms with Gasteiger partial charge in [0, 0.05) is 48.3 Å². The van der Waals surface area contributed by atoms with E-state index >= 15 is 0 Å². The lowest BCUT2D eigenvalue weighted by atomic mass is 10.1. The molecule has 0 saturated carbocycles. The number of nitrogens with zero attached hydrogens (tertiary/aromatic N) is 5. The number of benzene rings is 2. The van der Waals surface area contributed by atoms with E-state index in [1.807, 2.05) is 48.5 Å². The summed E-state index contributed by atoms with van der Waals surface area (Å²) in [5, 5.41) is 16.1. The minimum atomic E-state index is 0.0528. The number of carbonyl (C=O) groups excluding carboxylic acids is 1. The van der Waals surface area contributed by atoms with Crippen LogP contribution in [0.15, 0.2) is 54.6 Å². The molecular weight excluding hydrogens is 472 g/mol. The lowest BCUT2D eigenvalue weighted by molar-refractivity contribution is -0.128. The Labute approximate surface area is 207 Å². The van der Waals surface area contributed by atoms with E-state index in [4.69, 9.17) is 16.3 Å². The van der Waals surface area contributed by atoms with E-state index in [2.05, 4.69) is 31.7 Å². The molecule has 8 nitrogen and oxygen atoms in total. The number of ether oxygens (including phenoxy) is 1. The number of aromatic amines is 1. The van der Waals surface area contributed by atoms with Crippen LogP contribution in [0.1, 0.15) is 28.8 Å². The Kier molecular flexibility index (Phi) is 7.97. The molecule has 176 valence electrons. The minimum absolute atomic E-state index is 0.0528. The molecule has 1 N–H and O–H groups in total. The zero-order chi connectivity index (χ0) is 23.9. The van der Waals surface area contributed by atoms with Crippen LogP contribution in [0.4, 0.5) is 0 Å². The second-order valence-electron chi connectivity index (χ2n) is 7.93. The molecule has 0 saturated heterocycles. The number of rotatable bonds is 10. The van der Waals surface area contributed by atoms with Gasteiger partial charge in [-0.25, -0.2) is 4.98 Å². The minimum Gasteiger partial charge on any atom is -0.487 e. The highest BCUT2D eigenvalue weighted by Gasteiger charge is 2.17. The number of tetrazole rings is 1. The largest absolute Gasteiger partial charge is 0.487 e. The summed E-state index contributed by atoms with van der Waals surface area (Å²) >= 11 is 7.80. The number of carbonyl (C=O) groups is 1. The summed E-state index contributed by atoms with van der Waals surface area (Å²) in [6.45, 7) is 0.339. The van der Waals surface area contributed by atoms with Crippen LogP contribution in [0.5, 0.6) is 5.75 Å². The first-order valence-corrected chi connectivity index (χ1v) is 12.2. The van der Waals surface area contributed by atoms with E-state index in [9.17, 15) is 4.79 Å². The van der Waals surface area contributed by atoms with Gasteiger partial charge in [0.05, 0.1) is 11.2 Å². The standard InChI is InChI=1S/C24H25ClN6O2S/c1-31(2)24(32)10-11-34-22(14-23-27-29-30-28-23)17-4-3-5-20(12-17)33-15-19-9-7-16-6-8-18(25)13-21(16)26-19/h3-9,12-13,22H,10-11,14-15H2,1-2H3,(H,27,28,29,30). The van der Waals surface area contributed by atoms with Crippen LogP contribution in [0.3, 0.4) is 0 Å². The number of hydrogen-bond acceptors (Lipinski definition) is 7. The molecule has 4 aromatic rings. The van der Waals surface area contributed by atoms with Crippen LogP contribution < -0.4 is 4.74 Å². The Hall–Kier alpha value is -3.17. The number of fused-ring (bicyclic) bond motifs is 1. The molecule has 2 aromatic heterocycles. The van der Waals surface area contributed by atoms with Crippen LogP contribution in [-0.4, -0.2) is 56.3 Å². The predicted molar refractivity (Wildman–Crippen MR) is 134 cm³/mol. The summed E-state index contributed by atoms with van der Waals surface area (Å²) in [5.41, 5.74) is 2.73. The first-order valence-electron chi connectivity index (χ1n) is 10.8. The Morgan fingerprint density at radius 2 is 2.03 bits per heavy atom. The molecule has 1 amide bonds. The molecule has 2 heterocycles. The van der Waals surface area contributed by atoms with Crippen molar-refractivity contribution >= 4 is 40.2 Å². The maximum absolute atomic E-state index is 12.0. The first-order chi connectivity index (χ1) is 16.5. The zero-order valence-electron chi connectivity index (χ0n) is 18.9. The van der Waals surface area contributed by atoms with E-state index in [0.717, 1.165) is 27.9 Å². The maximum atomic E-state index is 12.0. The fourth-order valence-electron chi connectivity index (χ4n) is 3.39. The molecule has 10 heteroatoms. The SMILES string of the molecule is CN(C)C(=O)CCSC(Cc1nn[nH]n1)c1cccc(OCc2ccc3ccc(Cl)cc3n2)c1. The molecule has 0 radical (unpaired) electrons. The Balaban J connectivity index is 1.45. The second kappa shape index (κ2) is 11.3. The van der Waals surface area contributed by atoms with Gasteiger partial charge in [-0.1, -0.05) is 41.1 Å². The van der Waals surface area contributed by atoms with Gasteiger partial charge in [-0.2, -0.15) is 17.0 Å². The van der Waals surface area contributed by atoms with Crippen LogP contribution in [0.2, 0.25) is 5.02 Å². The third-order valence-electron chi connectivity index (χ3n) is 5.22. The van der Waals surface area contributed by atoms with Crippen molar-refractivity contribution in [3.8, 4) is 5.75 Å². The number of H-pyrrole nitrogens is 1. The number of nitrogens with one attached hydrogen (secondary N) is 1. The van der Waals surface area contributed by atoms with E-state index in [-0.39, 0.29) is 11.2 Å². The van der Waals surface area contributed by atoms with Gasteiger partial charge in [-0.05, 0) is 35.9 Å². The molecule has 1 unspecified atom stereocenters. The lowest BCUT2D eigenvalue weighted by Gasteiger charge is -2.17. The zero-order valence-corrected chi connectivity index (χ0v) is 20.5. The van der Waals surface area contributed by atoms with Crippen molar-refractivity contribution in [1.82, 2.24) is 30.5 Å². The van der Waals surface area contributed by atoms with Crippen LogP contribution in [0.25, 0.3) is 10.9 Å². The normalized spacial score (nSPS) is 12.0. The Bertz CT molecular complexity index is 1250. The summed E-state index contributed by atoms with van der Waals surface area (Å²) in [7, 11) is 3.53. The summed E-state index contributed by atoms with van der Waals surface area (Å²) in [4.78, 5) is 18.3. The average molecular weight is 497 g/mol. The number of hydrogen-bond donors (Lipinski definition) is 1. The number of amides is 1. The predicted octanol–water partition coefficient (Wildman–Crippen LogP) is 4.48. The summed E-state index contributed by atoms with van der Waals surface area (Å²) < 4.78 is 6.06. The average Bonchev–Trinajstić information content (AvgIpc) is 3.35. The van der Waals surface area contributed by atoms with Crippen LogP contribution in [-0.2, 0) is 17.8 Å². The maximum Gasteiger partial charge on any atom is 0.222 e. The van der Waals surface area contributed by atoms with Gasteiger partial charge < -0.3 is 9.64 Å². The molecule has 0 fully saturated rings. The third kappa shape index (κ3) is 6.45. The van der Waals surface area contributed by atoms with E-state index in [1.54, 1.807) is 30.8 Å². The summed E-state index contributed by atoms with van der Waals surface area (Å²) in [5.74, 6) is 2.16. The highest BCUT2D eigenvalue weighted by molar-refractivity contribution is 7.99. The molecule has 4 rings (SSSR count). The Morgan fingerprint density at radius 1 is 1.18 bits per heavy atom. The van der Waals surface area contributed by atoms with E-state index < -0.39 is 0 Å². The Morgan fingerprint density at radius 3 is 2.82 bits per heavy atom. The van der Waals surface area contributed by atoms with Crippen molar-refractivity contribution in [3.05, 3.63) is 76.7 Å². The molecule has 2 aromatic carbocycles. The van der Waals surface area contributed by atoms with Crippen molar-refractivity contribution in [1.29, 1.82) is 0 Å². The fourth-order valence-corrected chi connectivity index (χ4v) is 4.74. The molecule has 0 aliphatic rings. The van der Waals surface area contributed by atoms with Gasteiger partial charge in [0.25, 0.3) is 0 Å². The second-order valence-corrected chi connectivity index (χ2v) is 9.68. The van der Waals surface area contributed by atoms with Crippen molar-refractivity contribution < 1.29 is 9.53 Å². The van der Waals surface area contributed by atoms with Gasteiger partial charge in [0.2, 0.25) is 5.91 Å². The number of halogens is 1. The molecule has 34 heavy (non-hydrogen) atoms. The molecule has 0 aliphatic heterocycles. The smallest absolute Gasteiger partial charge is 0.222 e. The van der Waals surface area contributed by atoms with E-state index in [0.29, 0.717) is 36.0 Å². The van der Waals surface area contributed by atoms with Crippen molar-refractivity contribution in [2.45, 2.75) is 24.7 Å². The van der Waals surface area contributed by atoms with Gasteiger partial charge >= 0.3 is 0 Å². The molecule has 0 aliphatic carbocycles. The molecule has 0 bridgehead atoms. The molecule has 1 atom stereocenters. The van der Waals surface area contributed by atoms with Crippen LogP contribution in [0, 0.1) is 0 Å².